The molecule has 10 heteroatoms. The predicted molar refractivity (Wildman–Crippen MR) is 144 cm³/mol. The minimum Gasteiger partial charge on any atom is -0.507 e. The lowest BCUT2D eigenvalue weighted by molar-refractivity contribution is -0.384. The lowest BCUT2D eigenvalue weighted by atomic mass is 9.94. The number of methoxy groups -OCH3 is 2. The molecule has 0 spiro atoms. The Morgan fingerprint density at radius 2 is 1.79 bits per heavy atom. The molecular formula is C29H25N3O7. The highest BCUT2D eigenvalue weighted by Gasteiger charge is 2.46. The average Bonchev–Trinajstić information content (AvgIpc) is 3.48. The second kappa shape index (κ2) is 10.3. The van der Waals surface area contributed by atoms with Crippen molar-refractivity contribution < 1.29 is 29.1 Å². The molecule has 3 aromatic carbocycles. The number of nitro benzene ring substituents is 1. The van der Waals surface area contributed by atoms with Gasteiger partial charge >= 0.3 is 0 Å². The molecule has 1 aliphatic rings. The molecule has 39 heavy (non-hydrogen) atoms. The molecule has 198 valence electrons. The van der Waals surface area contributed by atoms with E-state index >= 15 is 0 Å². The topological polar surface area (TPSA) is 135 Å². The summed E-state index contributed by atoms with van der Waals surface area (Å²) in [6.07, 6.45) is 2.28. The van der Waals surface area contributed by atoms with Crippen LogP contribution in [0.1, 0.15) is 22.7 Å². The number of Topliss-reactive ketones (excluding diaryl/α,β-unsaturated/α-hetero) is 1. The zero-order valence-electron chi connectivity index (χ0n) is 21.2. The fourth-order valence-corrected chi connectivity index (χ4v) is 4.96. The first-order chi connectivity index (χ1) is 18.8. The van der Waals surface area contributed by atoms with Crippen LogP contribution in [-0.4, -0.2) is 52.4 Å². The third-order valence-corrected chi connectivity index (χ3v) is 6.92. The molecule has 4 aromatic rings. The molecule has 1 amide bonds. The number of nitro groups is 1. The van der Waals surface area contributed by atoms with Crippen molar-refractivity contribution in [2.75, 3.05) is 20.8 Å². The summed E-state index contributed by atoms with van der Waals surface area (Å²) in [5.74, 6) is -0.880. The van der Waals surface area contributed by atoms with Crippen LogP contribution in [0.2, 0.25) is 0 Å². The van der Waals surface area contributed by atoms with E-state index in [-0.39, 0.29) is 23.4 Å². The maximum atomic E-state index is 13.4. The van der Waals surface area contributed by atoms with Crippen molar-refractivity contribution in [3.05, 3.63) is 105 Å². The zero-order valence-corrected chi connectivity index (χ0v) is 21.2. The number of ketones is 1. The van der Waals surface area contributed by atoms with E-state index in [0.29, 0.717) is 23.5 Å². The van der Waals surface area contributed by atoms with E-state index in [0.717, 1.165) is 16.5 Å². The van der Waals surface area contributed by atoms with Crippen molar-refractivity contribution in [2.45, 2.75) is 12.5 Å². The molecule has 10 nitrogen and oxygen atoms in total. The van der Waals surface area contributed by atoms with Gasteiger partial charge in [0.25, 0.3) is 17.4 Å². The number of para-hydroxylation sites is 1. The summed E-state index contributed by atoms with van der Waals surface area (Å²) in [6.45, 7) is 0.175. The Labute approximate surface area is 223 Å². The molecule has 1 aromatic heterocycles. The van der Waals surface area contributed by atoms with Crippen LogP contribution in [-0.2, 0) is 16.0 Å². The molecule has 0 radical (unpaired) electrons. The number of benzene rings is 3. The van der Waals surface area contributed by atoms with Crippen LogP contribution in [0.15, 0.2) is 78.5 Å². The van der Waals surface area contributed by atoms with E-state index in [2.05, 4.69) is 4.98 Å². The maximum Gasteiger partial charge on any atom is 0.295 e. The van der Waals surface area contributed by atoms with Gasteiger partial charge in [-0.15, -0.1) is 0 Å². The second-order valence-electron chi connectivity index (χ2n) is 9.01. The quantitative estimate of drug-likeness (QED) is 0.111. The van der Waals surface area contributed by atoms with Gasteiger partial charge in [-0.25, -0.2) is 0 Å². The van der Waals surface area contributed by atoms with Gasteiger partial charge in [-0.3, -0.25) is 19.7 Å². The Balaban J connectivity index is 1.58. The minimum atomic E-state index is -0.934. The molecule has 0 saturated carbocycles. The monoisotopic (exact) mass is 527 g/mol. The van der Waals surface area contributed by atoms with Crippen LogP contribution in [0.3, 0.4) is 0 Å². The average molecular weight is 528 g/mol. The summed E-state index contributed by atoms with van der Waals surface area (Å²) >= 11 is 0. The Bertz CT molecular complexity index is 1620. The van der Waals surface area contributed by atoms with Gasteiger partial charge in [-0.05, 0) is 48.4 Å². The van der Waals surface area contributed by atoms with Crippen LogP contribution < -0.4 is 9.47 Å². The number of aromatic nitrogens is 1. The fourth-order valence-electron chi connectivity index (χ4n) is 4.96. The van der Waals surface area contributed by atoms with Crippen LogP contribution in [0.5, 0.6) is 11.5 Å². The van der Waals surface area contributed by atoms with Crippen LogP contribution in [0.4, 0.5) is 5.69 Å². The van der Waals surface area contributed by atoms with Gasteiger partial charge < -0.3 is 24.5 Å². The highest BCUT2D eigenvalue weighted by molar-refractivity contribution is 6.46. The van der Waals surface area contributed by atoms with Crippen LogP contribution in [0, 0.1) is 10.1 Å². The maximum absolute atomic E-state index is 13.4. The van der Waals surface area contributed by atoms with Crippen molar-refractivity contribution in [1.29, 1.82) is 0 Å². The second-order valence-corrected chi connectivity index (χ2v) is 9.01. The van der Waals surface area contributed by atoms with Crippen molar-refractivity contribution >= 4 is 34.0 Å². The summed E-state index contributed by atoms with van der Waals surface area (Å²) in [5, 5.41) is 23.3. The molecule has 1 atom stereocenters. The van der Waals surface area contributed by atoms with Gasteiger partial charge in [0.1, 0.15) is 17.3 Å². The third-order valence-electron chi connectivity index (χ3n) is 6.92. The summed E-state index contributed by atoms with van der Waals surface area (Å²) < 4.78 is 10.9. The SMILES string of the molecule is COc1ccc2[nH]cc(CCN3C(=O)C(=O)C(=C(O)c4ccc([N+](=O)[O-])cc4)[C@@H]3c3ccccc3OC)c2c1. The number of non-ortho nitro benzene ring substituents is 1. The predicted octanol–water partition coefficient (Wildman–Crippen LogP) is 4.76. The number of aliphatic hydroxyl groups is 1. The molecular weight excluding hydrogens is 502 g/mol. The summed E-state index contributed by atoms with van der Waals surface area (Å²) in [7, 11) is 3.08. The summed E-state index contributed by atoms with van der Waals surface area (Å²) in [4.78, 5) is 41.9. The molecule has 1 saturated heterocycles. The standard InChI is InChI=1S/C29H25N3O7/c1-38-20-11-12-23-22(15-20)18(16-30-23)13-14-31-26(21-5-3-4-6-24(21)39-2)25(28(34)29(31)35)27(33)17-7-9-19(10-8-17)32(36)37/h3-12,15-16,26,30,33H,13-14H2,1-2H3/t26-/m0/s1. The van der Waals surface area contributed by atoms with E-state index in [1.807, 2.05) is 24.4 Å². The number of aliphatic hydroxyl groups excluding tert-OH is 1. The number of ether oxygens (including phenoxy) is 2. The van der Waals surface area contributed by atoms with Crippen LogP contribution >= 0.6 is 0 Å². The first-order valence-electron chi connectivity index (χ1n) is 12.1. The Kier molecular flexibility index (Phi) is 6.76. The lowest BCUT2D eigenvalue weighted by Gasteiger charge is -2.26. The highest BCUT2D eigenvalue weighted by atomic mass is 16.6. The van der Waals surface area contributed by atoms with E-state index in [1.54, 1.807) is 31.4 Å². The number of likely N-dealkylation sites (tertiary alicyclic amines) is 1. The summed E-state index contributed by atoms with van der Waals surface area (Å²) in [6, 6.07) is 16.9. The minimum absolute atomic E-state index is 0.112. The van der Waals surface area contributed by atoms with Crippen molar-refractivity contribution in [1.82, 2.24) is 9.88 Å². The van der Waals surface area contributed by atoms with Crippen LogP contribution in [0.25, 0.3) is 16.7 Å². The Morgan fingerprint density at radius 3 is 2.49 bits per heavy atom. The van der Waals surface area contributed by atoms with Gasteiger partial charge in [-0.1, -0.05) is 18.2 Å². The molecule has 1 aliphatic heterocycles. The van der Waals surface area contributed by atoms with Gasteiger partial charge in [0.2, 0.25) is 0 Å². The number of H-pyrrole nitrogens is 1. The smallest absolute Gasteiger partial charge is 0.295 e. The molecule has 1 fully saturated rings. The first-order valence-corrected chi connectivity index (χ1v) is 12.1. The number of hydrogen-bond donors (Lipinski definition) is 2. The zero-order chi connectivity index (χ0) is 27.7. The van der Waals surface area contributed by atoms with Crippen molar-refractivity contribution in [3.63, 3.8) is 0 Å². The number of aromatic amines is 1. The van der Waals surface area contributed by atoms with Crippen molar-refractivity contribution in [2.24, 2.45) is 0 Å². The largest absolute Gasteiger partial charge is 0.507 e. The number of rotatable bonds is 8. The van der Waals surface area contributed by atoms with Gasteiger partial charge in [0.05, 0.1) is 30.8 Å². The first kappa shape index (κ1) is 25.5. The number of nitrogens with one attached hydrogen (secondary N) is 1. The molecule has 5 rings (SSSR count). The number of nitrogens with zero attached hydrogens (tertiary/aromatic N) is 2. The number of carbonyl (C=O) groups excluding carboxylic acids is 2. The van der Waals surface area contributed by atoms with E-state index < -0.39 is 28.4 Å². The number of carbonyl (C=O) groups is 2. The molecule has 0 bridgehead atoms. The number of amides is 1. The van der Waals surface area contributed by atoms with E-state index in [4.69, 9.17) is 9.47 Å². The number of fused-ring (bicyclic) bond motifs is 1. The normalized spacial score (nSPS) is 16.6. The van der Waals surface area contributed by atoms with Gasteiger partial charge in [0, 0.05) is 46.9 Å². The molecule has 2 heterocycles. The molecule has 0 aliphatic carbocycles. The van der Waals surface area contributed by atoms with Crippen molar-refractivity contribution in [3.8, 4) is 11.5 Å². The third kappa shape index (κ3) is 4.56. The number of hydrogen-bond acceptors (Lipinski definition) is 7. The Morgan fingerprint density at radius 1 is 1.05 bits per heavy atom. The van der Waals surface area contributed by atoms with Gasteiger partial charge in [0.15, 0.2) is 0 Å². The molecule has 2 N–H and O–H groups in total. The summed E-state index contributed by atoms with van der Waals surface area (Å²) in [5.41, 5.74) is 2.28. The fraction of sp³-hybridized carbons (Fsp3) is 0.172. The lowest BCUT2D eigenvalue weighted by Crippen LogP contribution is -2.31. The Hall–Kier alpha value is -5.12. The molecule has 0 unspecified atom stereocenters. The van der Waals surface area contributed by atoms with Gasteiger partial charge in [-0.2, -0.15) is 0 Å². The van der Waals surface area contributed by atoms with E-state index in [1.165, 1.54) is 36.3 Å². The highest BCUT2D eigenvalue weighted by Crippen LogP contribution is 2.43. The van der Waals surface area contributed by atoms with E-state index in [9.17, 15) is 24.8 Å².